The highest BCUT2D eigenvalue weighted by Gasteiger charge is 2.45. The van der Waals surface area contributed by atoms with E-state index in [1.807, 2.05) is 13.0 Å². The van der Waals surface area contributed by atoms with Gasteiger partial charge in [-0.2, -0.15) is 0 Å². The molecule has 4 heterocycles. The van der Waals surface area contributed by atoms with Crippen LogP contribution in [0.4, 0.5) is 0 Å². The van der Waals surface area contributed by atoms with E-state index in [0.717, 1.165) is 10.9 Å². The summed E-state index contributed by atoms with van der Waals surface area (Å²) in [5, 5.41) is 1.33. The van der Waals surface area contributed by atoms with Crippen LogP contribution in [0.2, 0.25) is 5.02 Å². The fraction of sp³-hybridized carbons (Fsp3) is 0.286. The first-order valence-corrected chi connectivity index (χ1v) is 9.50. The number of aromatic nitrogens is 1. The van der Waals surface area contributed by atoms with Crippen LogP contribution in [-0.2, 0) is 9.53 Å². The van der Waals surface area contributed by atoms with E-state index >= 15 is 0 Å². The summed E-state index contributed by atoms with van der Waals surface area (Å²) >= 11 is 6.29. The van der Waals surface area contributed by atoms with Crippen LogP contribution in [-0.4, -0.2) is 41.5 Å². The van der Waals surface area contributed by atoms with Gasteiger partial charge in [-0.25, -0.2) is 4.98 Å². The minimum atomic E-state index is -0.224. The first-order valence-electron chi connectivity index (χ1n) is 9.12. The molecular formula is C21H18Cl2N2O4. The molecule has 0 N–H and O–H groups in total. The molecule has 2 aliphatic rings. The average molecular weight is 433 g/mol. The number of likely N-dealkylation sites (tertiary alicyclic amines) is 1. The summed E-state index contributed by atoms with van der Waals surface area (Å²) in [5.74, 6) is 0.100. The first kappa shape index (κ1) is 19.7. The van der Waals surface area contributed by atoms with E-state index in [2.05, 4.69) is 0 Å². The lowest BCUT2D eigenvalue weighted by Gasteiger charge is -2.19. The third-order valence-corrected chi connectivity index (χ3v) is 6.05. The van der Waals surface area contributed by atoms with Crippen molar-refractivity contribution in [1.29, 1.82) is 0 Å². The number of nitrogens with zero attached hydrogens (tertiary/aromatic N) is 2. The predicted molar refractivity (Wildman–Crippen MR) is 110 cm³/mol. The van der Waals surface area contributed by atoms with Crippen LogP contribution < -0.4 is 0 Å². The molecule has 0 aliphatic carbocycles. The Morgan fingerprint density at radius 3 is 2.83 bits per heavy atom. The molecule has 8 heteroatoms. The van der Waals surface area contributed by atoms with Crippen LogP contribution in [0, 0.1) is 18.8 Å². The second-order valence-electron chi connectivity index (χ2n) is 7.31. The Morgan fingerprint density at radius 2 is 2.10 bits per heavy atom. The molecule has 6 nitrogen and oxygen atoms in total. The van der Waals surface area contributed by atoms with E-state index in [0.29, 0.717) is 47.3 Å². The number of benzene rings is 1. The lowest BCUT2D eigenvalue weighted by Crippen LogP contribution is -2.31. The molecule has 2 atom stereocenters. The van der Waals surface area contributed by atoms with Crippen molar-refractivity contribution < 1.29 is 18.7 Å². The van der Waals surface area contributed by atoms with Crippen molar-refractivity contribution in [2.75, 3.05) is 19.7 Å². The summed E-state index contributed by atoms with van der Waals surface area (Å²) in [4.78, 5) is 31.7. The molecule has 2 saturated heterocycles. The van der Waals surface area contributed by atoms with Gasteiger partial charge < -0.3 is 14.1 Å². The number of cyclic esters (lactones) is 1. The number of aryl methyl sites for hydroxylation is 1. The van der Waals surface area contributed by atoms with Crippen molar-refractivity contribution in [3.05, 3.63) is 52.7 Å². The number of amides is 1. The third kappa shape index (κ3) is 3.16. The standard InChI is InChI=1S/C21H17ClN2O4.ClH/c1-11-16(22)5-4-13-14(7-17(23-19(11)13)18-3-2-6-27-18)20(25)24-8-12-10-28-21(26)15(12)9-24;/h2-7,12,15H,8-10H2,1H3;1H/t12-,15-;/m1./s1. The molecule has 0 radical (unpaired) electrons. The van der Waals surface area contributed by atoms with Gasteiger partial charge in [0.05, 0.1) is 29.9 Å². The molecule has 1 amide bonds. The average Bonchev–Trinajstić information content (AvgIpc) is 3.43. The molecule has 29 heavy (non-hydrogen) atoms. The minimum Gasteiger partial charge on any atom is -0.465 e. The number of rotatable bonds is 2. The van der Waals surface area contributed by atoms with Crippen LogP contribution in [0.1, 0.15) is 15.9 Å². The number of carbonyl (C=O) groups excluding carboxylic acids is 2. The predicted octanol–water partition coefficient (Wildman–Crippen LogP) is 4.12. The summed E-state index contributed by atoms with van der Waals surface area (Å²) in [6.45, 7) is 3.17. The number of esters is 1. The van der Waals surface area contributed by atoms with Crippen molar-refractivity contribution in [3.63, 3.8) is 0 Å². The monoisotopic (exact) mass is 432 g/mol. The Labute approximate surface area is 178 Å². The molecule has 1 aromatic carbocycles. The topological polar surface area (TPSA) is 72.6 Å². The van der Waals surface area contributed by atoms with E-state index in [9.17, 15) is 9.59 Å². The highest BCUT2D eigenvalue weighted by molar-refractivity contribution is 6.32. The van der Waals surface area contributed by atoms with E-state index in [1.165, 1.54) is 0 Å². The summed E-state index contributed by atoms with van der Waals surface area (Å²) in [5.41, 5.74) is 2.58. The van der Waals surface area contributed by atoms with Gasteiger partial charge in [0.2, 0.25) is 0 Å². The van der Waals surface area contributed by atoms with Crippen LogP contribution in [0.25, 0.3) is 22.4 Å². The smallest absolute Gasteiger partial charge is 0.311 e. The van der Waals surface area contributed by atoms with Crippen molar-refractivity contribution in [2.45, 2.75) is 6.92 Å². The quantitative estimate of drug-likeness (QED) is 0.569. The maximum Gasteiger partial charge on any atom is 0.311 e. The number of hydrogen-bond acceptors (Lipinski definition) is 5. The van der Waals surface area contributed by atoms with Gasteiger partial charge in [0.15, 0.2) is 5.76 Å². The van der Waals surface area contributed by atoms with Crippen molar-refractivity contribution in [3.8, 4) is 11.5 Å². The fourth-order valence-corrected chi connectivity index (χ4v) is 4.22. The molecule has 3 aromatic rings. The van der Waals surface area contributed by atoms with Gasteiger partial charge in [0.1, 0.15) is 5.69 Å². The summed E-state index contributed by atoms with van der Waals surface area (Å²) in [6.07, 6.45) is 1.57. The van der Waals surface area contributed by atoms with Crippen LogP contribution >= 0.6 is 24.0 Å². The van der Waals surface area contributed by atoms with Crippen LogP contribution in [0.15, 0.2) is 41.0 Å². The first-order chi connectivity index (χ1) is 13.5. The number of pyridine rings is 1. The summed E-state index contributed by atoms with van der Waals surface area (Å²) in [6, 6.07) is 8.94. The molecule has 5 rings (SSSR count). The molecule has 2 aliphatic heterocycles. The molecule has 2 fully saturated rings. The number of hydrogen-bond donors (Lipinski definition) is 0. The van der Waals surface area contributed by atoms with Crippen LogP contribution in [0.3, 0.4) is 0 Å². The van der Waals surface area contributed by atoms with E-state index in [4.69, 9.17) is 25.7 Å². The maximum atomic E-state index is 13.4. The Kier molecular flexibility index (Phi) is 5.00. The molecule has 0 saturated carbocycles. The van der Waals surface area contributed by atoms with Crippen molar-refractivity contribution in [1.82, 2.24) is 9.88 Å². The van der Waals surface area contributed by atoms with E-state index in [1.54, 1.807) is 35.4 Å². The Balaban J connectivity index is 0.00000205. The highest BCUT2D eigenvalue weighted by Crippen LogP contribution is 2.34. The van der Waals surface area contributed by atoms with Gasteiger partial charge in [-0.3, -0.25) is 9.59 Å². The molecule has 0 unspecified atom stereocenters. The second kappa shape index (κ2) is 7.35. The van der Waals surface area contributed by atoms with Gasteiger partial charge >= 0.3 is 5.97 Å². The van der Waals surface area contributed by atoms with Crippen molar-refractivity contribution >= 4 is 46.8 Å². The van der Waals surface area contributed by atoms with Gasteiger partial charge in [0.25, 0.3) is 5.91 Å². The third-order valence-electron chi connectivity index (χ3n) is 5.64. The summed E-state index contributed by atoms with van der Waals surface area (Å²) < 4.78 is 10.6. The van der Waals surface area contributed by atoms with Gasteiger partial charge in [0, 0.05) is 29.4 Å². The maximum absolute atomic E-state index is 13.4. The van der Waals surface area contributed by atoms with Gasteiger partial charge in [-0.05, 0) is 36.8 Å². The molecule has 2 aromatic heterocycles. The summed E-state index contributed by atoms with van der Waals surface area (Å²) in [7, 11) is 0. The fourth-order valence-electron chi connectivity index (χ4n) is 4.07. The zero-order valence-electron chi connectivity index (χ0n) is 15.6. The second-order valence-corrected chi connectivity index (χ2v) is 7.71. The Bertz CT molecular complexity index is 1110. The zero-order chi connectivity index (χ0) is 19.4. The number of furan rings is 1. The van der Waals surface area contributed by atoms with Crippen LogP contribution in [0.5, 0.6) is 0 Å². The van der Waals surface area contributed by atoms with Gasteiger partial charge in [-0.1, -0.05) is 17.7 Å². The number of ether oxygens (including phenoxy) is 1. The number of carbonyl (C=O) groups is 2. The largest absolute Gasteiger partial charge is 0.465 e. The molecule has 150 valence electrons. The lowest BCUT2D eigenvalue weighted by molar-refractivity contribution is -0.141. The minimum absolute atomic E-state index is 0. The highest BCUT2D eigenvalue weighted by atomic mass is 35.5. The normalized spacial score (nSPS) is 20.5. The molecule has 0 spiro atoms. The SMILES string of the molecule is Cc1c(Cl)ccc2c(C(=O)N3C[C@@H]4COC(=O)[C@@H]4C3)cc(-c3ccco3)nc12.Cl. The Morgan fingerprint density at radius 1 is 1.28 bits per heavy atom. The van der Waals surface area contributed by atoms with E-state index < -0.39 is 0 Å². The lowest BCUT2D eigenvalue weighted by atomic mass is 10.0. The van der Waals surface area contributed by atoms with Gasteiger partial charge in [-0.15, -0.1) is 12.4 Å². The zero-order valence-corrected chi connectivity index (χ0v) is 17.1. The molecule has 0 bridgehead atoms. The van der Waals surface area contributed by atoms with Crippen molar-refractivity contribution in [2.24, 2.45) is 11.8 Å². The number of halogens is 2. The Hall–Kier alpha value is -2.57. The number of fused-ring (bicyclic) bond motifs is 2. The molecular weight excluding hydrogens is 415 g/mol. The van der Waals surface area contributed by atoms with E-state index in [-0.39, 0.29) is 36.1 Å².